The zero-order valence-corrected chi connectivity index (χ0v) is 14.7. The van der Waals surface area contributed by atoms with E-state index in [9.17, 15) is 23.3 Å². The lowest BCUT2D eigenvalue weighted by Gasteiger charge is -2.18. The van der Waals surface area contributed by atoms with Gasteiger partial charge in [0, 0.05) is 32.3 Å². The lowest BCUT2D eigenvalue weighted by molar-refractivity contribution is -0.384. The number of rotatable bonds is 5. The molecule has 0 spiro atoms. The van der Waals surface area contributed by atoms with Gasteiger partial charge in [-0.2, -0.15) is 18.3 Å². The Hall–Kier alpha value is -2.85. The number of anilines is 1. The van der Waals surface area contributed by atoms with Crippen LogP contribution in [-0.4, -0.2) is 38.9 Å². The van der Waals surface area contributed by atoms with Gasteiger partial charge >= 0.3 is 11.9 Å². The summed E-state index contributed by atoms with van der Waals surface area (Å²) in [6.07, 6.45) is -3.07. The molecule has 11 heteroatoms. The second-order valence-electron chi connectivity index (χ2n) is 6.21. The monoisotopic (exact) mass is 385 g/mol. The maximum atomic E-state index is 12.6. The molecule has 0 aromatic carbocycles. The van der Waals surface area contributed by atoms with Crippen LogP contribution in [0.3, 0.4) is 0 Å². The number of nitro groups is 1. The Morgan fingerprint density at radius 3 is 2.70 bits per heavy atom. The molecule has 1 aliphatic rings. The third-order valence-corrected chi connectivity index (χ3v) is 4.38. The Morgan fingerprint density at radius 1 is 1.41 bits per heavy atom. The number of aromatic nitrogens is 3. The maximum absolute atomic E-state index is 12.6. The van der Waals surface area contributed by atoms with Crippen molar-refractivity contribution in [2.24, 2.45) is 7.05 Å². The van der Waals surface area contributed by atoms with Crippen LogP contribution in [0.1, 0.15) is 24.6 Å². The number of alkyl halides is 3. The van der Waals surface area contributed by atoms with Crippen LogP contribution in [0.4, 0.5) is 24.7 Å². The fraction of sp³-hybridized carbons (Fsp3) is 0.500. The van der Waals surface area contributed by atoms with E-state index in [1.165, 1.54) is 10.7 Å². The summed E-state index contributed by atoms with van der Waals surface area (Å²) in [6.45, 7) is 2.66. The van der Waals surface area contributed by atoms with Crippen LogP contribution in [0, 0.1) is 10.1 Å². The van der Waals surface area contributed by atoms with Gasteiger partial charge in [-0.05, 0) is 12.5 Å². The van der Waals surface area contributed by atoms with E-state index in [1.54, 1.807) is 18.9 Å². The average molecular weight is 385 g/mol. The summed E-state index contributed by atoms with van der Waals surface area (Å²) >= 11 is 0. The highest BCUT2D eigenvalue weighted by molar-refractivity contribution is 5.62. The summed E-state index contributed by atoms with van der Waals surface area (Å²) in [7, 11) is 1.65. The number of hydrogen-bond donors (Lipinski definition) is 0. The molecule has 0 bridgehead atoms. The number of nitrogens with zero attached hydrogens (tertiary/aromatic N) is 5. The quantitative estimate of drug-likeness (QED) is 0.581. The van der Waals surface area contributed by atoms with Crippen LogP contribution in [0.25, 0.3) is 0 Å². The number of aryl methyl sites for hydroxylation is 2. The molecule has 27 heavy (non-hydrogen) atoms. The molecule has 1 unspecified atom stereocenters. The Balaban J connectivity index is 1.73. The van der Waals surface area contributed by atoms with Gasteiger partial charge in [-0.25, -0.2) is 9.67 Å². The fourth-order valence-electron chi connectivity index (χ4n) is 3.14. The molecule has 3 heterocycles. The topological polar surface area (TPSA) is 86.3 Å². The van der Waals surface area contributed by atoms with E-state index in [0.717, 1.165) is 12.3 Å². The zero-order valence-electron chi connectivity index (χ0n) is 14.7. The van der Waals surface area contributed by atoms with Crippen LogP contribution in [0.5, 0.6) is 5.88 Å². The molecule has 0 saturated carbocycles. The number of pyridine rings is 1. The van der Waals surface area contributed by atoms with Crippen LogP contribution >= 0.6 is 0 Å². The summed E-state index contributed by atoms with van der Waals surface area (Å²) in [5.41, 5.74) is -0.458. The van der Waals surface area contributed by atoms with Gasteiger partial charge < -0.3 is 9.64 Å². The molecule has 0 aliphatic carbocycles. The molecule has 8 nitrogen and oxygen atoms in total. The Kier molecular flexibility index (Phi) is 4.94. The number of ether oxygens (including phenoxy) is 1. The van der Waals surface area contributed by atoms with Crippen molar-refractivity contribution in [3.63, 3.8) is 0 Å². The van der Waals surface area contributed by atoms with Gasteiger partial charge in [-0.3, -0.25) is 10.1 Å². The molecule has 2 aromatic heterocycles. The first kappa shape index (κ1) is 18.9. The van der Waals surface area contributed by atoms with Crippen molar-refractivity contribution in [3.05, 3.63) is 39.7 Å². The zero-order chi connectivity index (χ0) is 19.8. The molecular weight excluding hydrogens is 367 g/mol. The molecule has 0 N–H and O–H groups in total. The predicted molar refractivity (Wildman–Crippen MR) is 89.7 cm³/mol. The maximum Gasteiger partial charge on any atom is 0.417 e. The molecule has 3 rings (SSSR count). The first-order valence-corrected chi connectivity index (χ1v) is 8.35. The molecule has 0 radical (unpaired) electrons. The Morgan fingerprint density at radius 2 is 2.15 bits per heavy atom. The second kappa shape index (κ2) is 7.05. The SMILES string of the molecule is CCc1nn(C)c(N2CCC(Oc3ccc(C(F)(F)F)cn3)C2)c1[N+](=O)[O-]. The highest BCUT2D eigenvalue weighted by atomic mass is 19.4. The standard InChI is InChI=1S/C16H18F3N5O3/c1-3-12-14(24(25)26)15(22(2)21-12)23-7-6-11(9-23)27-13-5-4-10(8-20-13)16(17,18)19/h4-5,8,11H,3,6-7,9H2,1-2H3. The largest absolute Gasteiger partial charge is 0.472 e. The highest BCUT2D eigenvalue weighted by Crippen LogP contribution is 2.34. The summed E-state index contributed by atoms with van der Waals surface area (Å²) in [6, 6.07) is 2.09. The van der Waals surface area contributed by atoms with Gasteiger partial charge in [-0.15, -0.1) is 0 Å². The van der Waals surface area contributed by atoms with E-state index in [-0.39, 0.29) is 17.7 Å². The van der Waals surface area contributed by atoms with Crippen molar-refractivity contribution in [3.8, 4) is 5.88 Å². The van der Waals surface area contributed by atoms with Crippen molar-refractivity contribution in [2.45, 2.75) is 32.0 Å². The second-order valence-corrected chi connectivity index (χ2v) is 6.21. The van der Waals surface area contributed by atoms with Crippen LogP contribution < -0.4 is 9.64 Å². The molecule has 0 amide bonds. The number of halogens is 3. The van der Waals surface area contributed by atoms with Crippen molar-refractivity contribution in [1.29, 1.82) is 0 Å². The molecule has 1 fully saturated rings. The number of hydrogen-bond acceptors (Lipinski definition) is 6. The average Bonchev–Trinajstić information content (AvgIpc) is 3.18. The fourth-order valence-corrected chi connectivity index (χ4v) is 3.14. The minimum absolute atomic E-state index is 0.0201. The van der Waals surface area contributed by atoms with Gasteiger partial charge in [0.1, 0.15) is 11.8 Å². The van der Waals surface area contributed by atoms with Gasteiger partial charge in [0.15, 0.2) is 0 Å². The van der Waals surface area contributed by atoms with Crippen molar-refractivity contribution < 1.29 is 22.8 Å². The Bertz CT molecular complexity index is 835. The van der Waals surface area contributed by atoms with E-state index in [4.69, 9.17) is 4.74 Å². The van der Waals surface area contributed by atoms with Gasteiger partial charge in [0.25, 0.3) is 0 Å². The summed E-state index contributed by atoms with van der Waals surface area (Å²) in [4.78, 5) is 16.5. The Labute approximate surface area is 152 Å². The lowest BCUT2D eigenvalue weighted by Crippen LogP contribution is -2.27. The van der Waals surface area contributed by atoms with E-state index in [0.29, 0.717) is 37.4 Å². The van der Waals surface area contributed by atoms with Crippen LogP contribution in [-0.2, 0) is 19.6 Å². The predicted octanol–water partition coefficient (Wildman–Crippen LogP) is 2.96. The van der Waals surface area contributed by atoms with Crippen LogP contribution in [0.2, 0.25) is 0 Å². The molecule has 1 aliphatic heterocycles. The third kappa shape index (κ3) is 3.81. The van der Waals surface area contributed by atoms with Gasteiger partial charge in [0.2, 0.25) is 11.7 Å². The molecule has 146 valence electrons. The van der Waals surface area contributed by atoms with E-state index in [2.05, 4.69) is 10.1 Å². The molecule has 1 saturated heterocycles. The van der Waals surface area contributed by atoms with Crippen molar-refractivity contribution >= 4 is 11.5 Å². The minimum atomic E-state index is -4.45. The molecule has 1 atom stereocenters. The molecule has 2 aromatic rings. The summed E-state index contributed by atoms with van der Waals surface area (Å²) in [5.74, 6) is 0.493. The van der Waals surface area contributed by atoms with Gasteiger partial charge in [-0.1, -0.05) is 6.92 Å². The highest BCUT2D eigenvalue weighted by Gasteiger charge is 2.35. The molecular formula is C16H18F3N5O3. The minimum Gasteiger partial charge on any atom is -0.472 e. The smallest absolute Gasteiger partial charge is 0.417 e. The van der Waals surface area contributed by atoms with E-state index >= 15 is 0 Å². The van der Waals surface area contributed by atoms with E-state index < -0.39 is 16.7 Å². The third-order valence-electron chi connectivity index (χ3n) is 4.38. The first-order chi connectivity index (χ1) is 12.7. The summed E-state index contributed by atoms with van der Waals surface area (Å²) in [5, 5.41) is 15.7. The summed E-state index contributed by atoms with van der Waals surface area (Å²) < 4.78 is 44.9. The first-order valence-electron chi connectivity index (χ1n) is 8.35. The lowest BCUT2D eigenvalue weighted by atomic mass is 10.3. The van der Waals surface area contributed by atoms with E-state index in [1.807, 2.05) is 0 Å². The van der Waals surface area contributed by atoms with Crippen molar-refractivity contribution in [2.75, 3.05) is 18.0 Å². The van der Waals surface area contributed by atoms with Crippen molar-refractivity contribution in [1.82, 2.24) is 14.8 Å². The van der Waals surface area contributed by atoms with Gasteiger partial charge in [0.05, 0.1) is 17.0 Å². The van der Waals surface area contributed by atoms with Crippen LogP contribution in [0.15, 0.2) is 18.3 Å². The normalized spacial score (nSPS) is 17.4.